The molecule has 0 saturated carbocycles. The molecule has 0 unspecified atom stereocenters. The lowest BCUT2D eigenvalue weighted by molar-refractivity contribution is -0.112. The summed E-state index contributed by atoms with van der Waals surface area (Å²) in [6, 6.07) is 3.49. The predicted octanol–water partition coefficient (Wildman–Crippen LogP) is 3.38. The summed E-state index contributed by atoms with van der Waals surface area (Å²) in [5, 5.41) is 3.83. The van der Waals surface area contributed by atoms with Crippen LogP contribution in [-0.2, 0) is 4.79 Å². The molecule has 1 aromatic rings. The normalized spacial score (nSPS) is 18.4. The molecular formula is C12H10Cl2N2OS. The van der Waals surface area contributed by atoms with E-state index in [1.807, 2.05) is 11.9 Å². The van der Waals surface area contributed by atoms with Gasteiger partial charge in [-0.05, 0) is 12.1 Å². The second-order valence-corrected chi connectivity index (χ2v) is 6.01. The van der Waals surface area contributed by atoms with Crippen molar-refractivity contribution in [2.45, 2.75) is 0 Å². The minimum absolute atomic E-state index is 0.0426. The molecule has 0 fully saturated rings. The minimum Gasteiger partial charge on any atom is -0.345 e. The molecule has 0 spiro atoms. The van der Waals surface area contributed by atoms with Gasteiger partial charge < -0.3 is 10.2 Å². The Labute approximate surface area is 119 Å². The standard InChI is InChI=1S/C12H10Cl2N2OS/c1-16-10-3-8(14)7(13)2-9(10)15-12(17)6-4-18-5-11(6)16/h2-3H,4-5H2,1H3,(H,15,17). The topological polar surface area (TPSA) is 32.3 Å². The maximum absolute atomic E-state index is 12.1. The molecule has 94 valence electrons. The molecule has 1 amide bonds. The summed E-state index contributed by atoms with van der Waals surface area (Å²) >= 11 is 13.8. The molecule has 0 aromatic heterocycles. The largest absolute Gasteiger partial charge is 0.345 e. The average Bonchev–Trinajstić information content (AvgIpc) is 2.78. The van der Waals surface area contributed by atoms with Gasteiger partial charge in [-0.1, -0.05) is 23.2 Å². The van der Waals surface area contributed by atoms with Crippen molar-refractivity contribution in [3.63, 3.8) is 0 Å². The number of carbonyl (C=O) groups is 1. The third-order valence-corrected chi connectivity index (χ3v) is 4.85. The molecule has 0 radical (unpaired) electrons. The quantitative estimate of drug-likeness (QED) is 0.797. The molecular weight excluding hydrogens is 291 g/mol. The zero-order valence-electron chi connectivity index (χ0n) is 9.59. The first-order valence-electron chi connectivity index (χ1n) is 5.42. The van der Waals surface area contributed by atoms with Gasteiger partial charge in [0.05, 0.1) is 21.4 Å². The van der Waals surface area contributed by atoms with E-state index in [1.54, 1.807) is 23.9 Å². The molecule has 2 aliphatic rings. The maximum Gasteiger partial charge on any atom is 0.254 e. The molecule has 0 saturated heterocycles. The molecule has 2 heterocycles. The molecule has 3 rings (SSSR count). The number of nitrogens with one attached hydrogen (secondary N) is 1. The molecule has 6 heteroatoms. The van der Waals surface area contributed by atoms with Gasteiger partial charge in [0.2, 0.25) is 0 Å². The molecule has 1 aromatic carbocycles. The Morgan fingerprint density at radius 1 is 1.28 bits per heavy atom. The summed E-state index contributed by atoms with van der Waals surface area (Å²) in [7, 11) is 1.95. The highest BCUT2D eigenvalue weighted by Crippen LogP contribution is 2.40. The summed E-state index contributed by atoms with van der Waals surface area (Å²) in [6.07, 6.45) is 0. The molecule has 0 bridgehead atoms. The van der Waals surface area contributed by atoms with Crippen molar-refractivity contribution < 1.29 is 4.79 Å². The number of halogens is 2. The van der Waals surface area contributed by atoms with Crippen molar-refractivity contribution >= 4 is 52.2 Å². The van der Waals surface area contributed by atoms with E-state index < -0.39 is 0 Å². The van der Waals surface area contributed by atoms with Crippen LogP contribution < -0.4 is 10.2 Å². The lowest BCUT2D eigenvalue weighted by Gasteiger charge is -2.22. The molecule has 2 aliphatic heterocycles. The smallest absolute Gasteiger partial charge is 0.254 e. The molecule has 18 heavy (non-hydrogen) atoms. The lowest BCUT2D eigenvalue weighted by atomic mass is 10.2. The Balaban J connectivity index is 2.18. The number of fused-ring (bicyclic) bond motifs is 1. The van der Waals surface area contributed by atoms with Gasteiger partial charge >= 0.3 is 0 Å². The van der Waals surface area contributed by atoms with Gasteiger partial charge in [0.1, 0.15) is 0 Å². The van der Waals surface area contributed by atoms with Crippen LogP contribution >= 0.6 is 35.0 Å². The highest BCUT2D eigenvalue weighted by molar-refractivity contribution is 8.00. The van der Waals surface area contributed by atoms with E-state index in [0.29, 0.717) is 15.7 Å². The Morgan fingerprint density at radius 2 is 2.00 bits per heavy atom. The van der Waals surface area contributed by atoms with Gasteiger partial charge in [-0.2, -0.15) is 11.8 Å². The summed E-state index contributed by atoms with van der Waals surface area (Å²) in [5.41, 5.74) is 3.47. The van der Waals surface area contributed by atoms with Gasteiger partial charge in [-0.3, -0.25) is 4.79 Å². The first-order chi connectivity index (χ1) is 8.58. The third kappa shape index (κ3) is 1.79. The van der Waals surface area contributed by atoms with Gasteiger partial charge in [-0.15, -0.1) is 0 Å². The van der Waals surface area contributed by atoms with Crippen molar-refractivity contribution in [3.05, 3.63) is 33.4 Å². The number of hydrogen-bond acceptors (Lipinski definition) is 3. The second-order valence-electron chi connectivity index (χ2n) is 4.21. The SMILES string of the molecule is CN1C2=C(CSC2)C(=O)Nc2cc(Cl)c(Cl)cc21. The fourth-order valence-electron chi connectivity index (χ4n) is 2.17. The first kappa shape index (κ1) is 12.2. The van der Waals surface area contributed by atoms with Crippen molar-refractivity contribution in [2.24, 2.45) is 0 Å². The molecule has 1 N–H and O–H groups in total. The fourth-order valence-corrected chi connectivity index (χ4v) is 3.66. The van der Waals surface area contributed by atoms with Crippen molar-refractivity contribution in [1.82, 2.24) is 0 Å². The monoisotopic (exact) mass is 300 g/mol. The van der Waals surface area contributed by atoms with Crippen molar-refractivity contribution in [3.8, 4) is 0 Å². The van der Waals surface area contributed by atoms with Gasteiger partial charge in [-0.25, -0.2) is 0 Å². The lowest BCUT2D eigenvalue weighted by Crippen LogP contribution is -2.18. The zero-order valence-corrected chi connectivity index (χ0v) is 11.9. The summed E-state index contributed by atoms with van der Waals surface area (Å²) in [5.74, 6) is 1.55. The number of hydrogen-bond donors (Lipinski definition) is 1. The van der Waals surface area contributed by atoms with E-state index in [-0.39, 0.29) is 5.91 Å². The molecule has 0 aliphatic carbocycles. The van der Waals surface area contributed by atoms with Crippen LogP contribution in [0.1, 0.15) is 0 Å². The fraction of sp³-hybridized carbons (Fsp3) is 0.250. The van der Waals surface area contributed by atoms with E-state index in [2.05, 4.69) is 5.32 Å². The highest BCUT2D eigenvalue weighted by Gasteiger charge is 2.29. The van der Waals surface area contributed by atoms with Gasteiger partial charge in [0.15, 0.2) is 0 Å². The van der Waals surface area contributed by atoms with E-state index in [0.717, 1.165) is 28.5 Å². The van der Waals surface area contributed by atoms with Crippen LogP contribution in [0.25, 0.3) is 0 Å². The first-order valence-corrected chi connectivity index (χ1v) is 7.33. The number of benzene rings is 1. The van der Waals surface area contributed by atoms with Crippen molar-refractivity contribution in [2.75, 3.05) is 28.8 Å². The van der Waals surface area contributed by atoms with Crippen LogP contribution in [0.3, 0.4) is 0 Å². The zero-order chi connectivity index (χ0) is 12.9. The summed E-state index contributed by atoms with van der Waals surface area (Å²) in [6.45, 7) is 0. The van der Waals surface area contributed by atoms with Crippen LogP contribution in [0, 0.1) is 0 Å². The van der Waals surface area contributed by atoms with E-state index in [9.17, 15) is 4.79 Å². The number of nitrogens with zero attached hydrogens (tertiary/aromatic N) is 1. The van der Waals surface area contributed by atoms with Crippen molar-refractivity contribution in [1.29, 1.82) is 0 Å². The summed E-state index contributed by atoms with van der Waals surface area (Å²) < 4.78 is 0. The van der Waals surface area contributed by atoms with Crippen LogP contribution in [0.4, 0.5) is 11.4 Å². The van der Waals surface area contributed by atoms with E-state index >= 15 is 0 Å². The predicted molar refractivity (Wildman–Crippen MR) is 77.8 cm³/mol. The van der Waals surface area contributed by atoms with Crippen LogP contribution in [-0.4, -0.2) is 24.5 Å². The number of rotatable bonds is 0. The average molecular weight is 301 g/mol. The Hall–Kier alpha value is -0.840. The van der Waals surface area contributed by atoms with Crippen LogP contribution in [0.2, 0.25) is 10.0 Å². The number of thioether (sulfide) groups is 1. The maximum atomic E-state index is 12.1. The molecule has 0 atom stereocenters. The number of amides is 1. The van der Waals surface area contributed by atoms with Gasteiger partial charge in [0, 0.05) is 29.8 Å². The molecule has 3 nitrogen and oxygen atoms in total. The van der Waals surface area contributed by atoms with E-state index in [4.69, 9.17) is 23.2 Å². The number of carbonyl (C=O) groups excluding carboxylic acids is 1. The summed E-state index contributed by atoms with van der Waals surface area (Å²) in [4.78, 5) is 14.1. The highest BCUT2D eigenvalue weighted by atomic mass is 35.5. The van der Waals surface area contributed by atoms with Gasteiger partial charge in [0.25, 0.3) is 5.91 Å². The van der Waals surface area contributed by atoms with Crippen LogP contribution in [0.5, 0.6) is 0 Å². The van der Waals surface area contributed by atoms with Crippen LogP contribution in [0.15, 0.2) is 23.4 Å². The Bertz CT molecular complexity index is 586. The number of anilines is 2. The Morgan fingerprint density at radius 3 is 2.78 bits per heavy atom. The minimum atomic E-state index is -0.0426. The van der Waals surface area contributed by atoms with E-state index in [1.165, 1.54) is 0 Å². The second kappa shape index (κ2) is 4.37. The third-order valence-electron chi connectivity index (χ3n) is 3.16. The Kier molecular flexibility index (Phi) is 2.96.